The number of nitrogens with one attached hydrogen (secondary N) is 1. The lowest BCUT2D eigenvalue weighted by Gasteiger charge is -2.35. The normalized spacial score (nSPS) is 12.5. The van der Waals surface area contributed by atoms with Crippen molar-refractivity contribution in [2.75, 3.05) is 10.8 Å². The zero-order valence-corrected chi connectivity index (χ0v) is 26.1. The van der Waals surface area contributed by atoms with Crippen molar-refractivity contribution in [2.24, 2.45) is 0 Å². The fraction of sp³-hybridized carbons (Fsp3) is 0.310. The molecule has 0 radical (unpaired) electrons. The molecule has 3 aromatic carbocycles. The van der Waals surface area contributed by atoms with Gasteiger partial charge >= 0.3 is 0 Å². The van der Waals surface area contributed by atoms with Crippen molar-refractivity contribution in [2.45, 2.75) is 57.1 Å². The van der Waals surface area contributed by atoms with Gasteiger partial charge in [-0.1, -0.05) is 54.9 Å². The predicted molar refractivity (Wildman–Crippen MR) is 164 cm³/mol. The molecular formula is C29H33ClIN3O4S. The first-order chi connectivity index (χ1) is 18.3. The summed E-state index contributed by atoms with van der Waals surface area (Å²) >= 11 is 8.57. The minimum atomic E-state index is -4.10. The summed E-state index contributed by atoms with van der Waals surface area (Å²) in [5.74, 6) is -0.846. The molecule has 0 spiro atoms. The van der Waals surface area contributed by atoms with Crippen LogP contribution in [0, 0.1) is 3.57 Å². The minimum absolute atomic E-state index is 0.0422. The predicted octanol–water partition coefficient (Wildman–Crippen LogP) is 5.86. The van der Waals surface area contributed by atoms with E-state index >= 15 is 0 Å². The summed E-state index contributed by atoms with van der Waals surface area (Å²) in [6, 6.07) is 21.1. The summed E-state index contributed by atoms with van der Waals surface area (Å²) in [6.45, 7) is 6.95. The highest BCUT2D eigenvalue weighted by Crippen LogP contribution is 2.26. The van der Waals surface area contributed by atoms with E-state index in [0.29, 0.717) is 22.7 Å². The molecule has 0 saturated heterocycles. The molecule has 0 aliphatic carbocycles. The summed E-state index contributed by atoms with van der Waals surface area (Å²) in [5, 5.41) is 3.41. The summed E-state index contributed by atoms with van der Waals surface area (Å²) in [7, 11) is -4.10. The summed E-state index contributed by atoms with van der Waals surface area (Å²) in [5.41, 5.74) is 0.478. The molecule has 0 saturated carbocycles. The number of anilines is 1. The fourth-order valence-electron chi connectivity index (χ4n) is 4.04. The van der Waals surface area contributed by atoms with Crippen LogP contribution in [0.25, 0.3) is 0 Å². The largest absolute Gasteiger partial charge is 0.350 e. The lowest BCUT2D eigenvalue weighted by molar-refractivity contribution is -0.141. The van der Waals surface area contributed by atoms with E-state index in [9.17, 15) is 18.0 Å². The van der Waals surface area contributed by atoms with Crippen LogP contribution in [0.1, 0.15) is 39.7 Å². The third-order valence-electron chi connectivity index (χ3n) is 5.91. The maximum atomic E-state index is 14.1. The third-order valence-corrected chi connectivity index (χ3v) is 8.78. The number of rotatable bonds is 10. The van der Waals surface area contributed by atoms with Crippen molar-refractivity contribution >= 4 is 61.7 Å². The van der Waals surface area contributed by atoms with Crippen molar-refractivity contribution in [3.8, 4) is 0 Å². The first-order valence-electron chi connectivity index (χ1n) is 12.5. The SMILES string of the molecule is CC[C@H](C(=O)NC(C)(C)C)N(Cc1ccccc1Cl)C(=O)CN(c1ccc(I)cc1)S(=O)(=O)c1ccccc1. The maximum Gasteiger partial charge on any atom is 0.264 e. The first kappa shape index (κ1) is 30.9. The van der Waals surface area contributed by atoms with Crippen LogP contribution < -0.4 is 9.62 Å². The Morgan fingerprint density at radius 2 is 1.54 bits per heavy atom. The average Bonchev–Trinajstić information content (AvgIpc) is 2.88. The van der Waals surface area contributed by atoms with Crippen molar-refractivity contribution in [3.63, 3.8) is 0 Å². The number of nitrogens with zero attached hydrogens (tertiary/aromatic N) is 2. The molecule has 208 valence electrons. The summed E-state index contributed by atoms with van der Waals surface area (Å²) in [6.07, 6.45) is 0.326. The van der Waals surface area contributed by atoms with Crippen LogP contribution in [0.4, 0.5) is 5.69 Å². The van der Waals surface area contributed by atoms with E-state index in [1.165, 1.54) is 17.0 Å². The quantitative estimate of drug-likeness (QED) is 0.272. The van der Waals surface area contributed by atoms with Crippen LogP contribution in [0.3, 0.4) is 0 Å². The first-order valence-corrected chi connectivity index (χ1v) is 15.4. The summed E-state index contributed by atoms with van der Waals surface area (Å²) in [4.78, 5) is 28.9. The lowest BCUT2D eigenvalue weighted by atomic mass is 10.1. The molecule has 2 amide bonds. The molecule has 0 aromatic heterocycles. The number of amides is 2. The standard InChI is InChI=1S/C29H33ClIN3O4S/c1-5-26(28(36)32-29(2,3)4)33(19-21-11-9-10-14-25(21)30)27(35)20-34(23-17-15-22(31)16-18-23)39(37,38)24-12-7-6-8-13-24/h6-18,26H,5,19-20H2,1-4H3,(H,32,36)/t26-/m1/s1. The Morgan fingerprint density at radius 1 is 0.949 bits per heavy atom. The highest BCUT2D eigenvalue weighted by atomic mass is 127. The maximum absolute atomic E-state index is 14.1. The molecule has 10 heteroatoms. The molecule has 0 aliphatic rings. The van der Waals surface area contributed by atoms with E-state index in [4.69, 9.17) is 11.6 Å². The van der Waals surface area contributed by atoms with Gasteiger partial charge in [-0.2, -0.15) is 0 Å². The summed E-state index contributed by atoms with van der Waals surface area (Å²) < 4.78 is 29.6. The number of benzene rings is 3. The lowest BCUT2D eigenvalue weighted by Crippen LogP contribution is -2.55. The second-order valence-corrected chi connectivity index (χ2v) is 13.6. The molecule has 0 bridgehead atoms. The van der Waals surface area contributed by atoms with Gasteiger partial charge in [0.25, 0.3) is 10.0 Å². The average molecular weight is 682 g/mol. The monoisotopic (exact) mass is 681 g/mol. The zero-order chi connectivity index (χ0) is 28.8. The fourth-order valence-corrected chi connectivity index (χ4v) is 6.03. The molecule has 3 rings (SSSR count). The van der Waals surface area contributed by atoms with Gasteiger partial charge in [-0.15, -0.1) is 0 Å². The molecule has 0 heterocycles. The minimum Gasteiger partial charge on any atom is -0.350 e. The van der Waals surface area contributed by atoms with E-state index in [-0.39, 0.29) is 17.3 Å². The van der Waals surface area contributed by atoms with E-state index in [1.54, 1.807) is 66.7 Å². The topological polar surface area (TPSA) is 86.8 Å². The zero-order valence-electron chi connectivity index (χ0n) is 22.4. The Morgan fingerprint density at radius 3 is 2.10 bits per heavy atom. The van der Waals surface area contributed by atoms with Gasteiger partial charge in [-0.05, 0) is 97.8 Å². The van der Waals surface area contributed by atoms with Gasteiger partial charge in [0.05, 0.1) is 10.6 Å². The van der Waals surface area contributed by atoms with Crippen LogP contribution in [0.2, 0.25) is 5.02 Å². The Labute approximate surface area is 249 Å². The second kappa shape index (κ2) is 13.1. The van der Waals surface area contributed by atoms with Gasteiger partial charge in [0.15, 0.2) is 0 Å². The smallest absolute Gasteiger partial charge is 0.264 e. The number of hydrogen-bond acceptors (Lipinski definition) is 4. The molecule has 1 atom stereocenters. The number of halogens is 2. The van der Waals surface area contributed by atoms with E-state index in [0.717, 1.165) is 7.88 Å². The van der Waals surface area contributed by atoms with Crippen LogP contribution in [0.5, 0.6) is 0 Å². The van der Waals surface area contributed by atoms with Crippen molar-refractivity contribution in [1.82, 2.24) is 10.2 Å². The number of carbonyl (C=O) groups is 2. The van der Waals surface area contributed by atoms with Crippen molar-refractivity contribution < 1.29 is 18.0 Å². The van der Waals surface area contributed by atoms with Gasteiger partial charge in [0.2, 0.25) is 11.8 Å². The van der Waals surface area contributed by atoms with Gasteiger partial charge < -0.3 is 10.2 Å². The molecule has 3 aromatic rings. The van der Waals surface area contributed by atoms with Crippen LogP contribution in [-0.4, -0.2) is 43.3 Å². The number of hydrogen-bond donors (Lipinski definition) is 1. The molecule has 0 fully saturated rings. The van der Waals surface area contributed by atoms with Gasteiger partial charge in [0, 0.05) is 20.7 Å². The van der Waals surface area contributed by atoms with E-state index < -0.39 is 34.1 Å². The highest BCUT2D eigenvalue weighted by Gasteiger charge is 2.34. The molecule has 1 N–H and O–H groups in total. The van der Waals surface area contributed by atoms with Crippen LogP contribution in [0.15, 0.2) is 83.8 Å². The van der Waals surface area contributed by atoms with Crippen molar-refractivity contribution in [1.29, 1.82) is 0 Å². The van der Waals surface area contributed by atoms with Gasteiger partial charge in [0.1, 0.15) is 12.6 Å². The Bertz CT molecular complexity index is 1390. The molecular weight excluding hydrogens is 649 g/mol. The highest BCUT2D eigenvalue weighted by molar-refractivity contribution is 14.1. The van der Waals surface area contributed by atoms with Gasteiger partial charge in [-0.3, -0.25) is 13.9 Å². The van der Waals surface area contributed by atoms with Gasteiger partial charge in [-0.25, -0.2) is 8.42 Å². The Balaban J connectivity index is 2.07. The van der Waals surface area contributed by atoms with E-state index in [1.807, 2.05) is 27.7 Å². The third kappa shape index (κ3) is 8.18. The molecule has 0 aliphatic heterocycles. The number of carbonyl (C=O) groups excluding carboxylic acids is 2. The molecule has 39 heavy (non-hydrogen) atoms. The Kier molecular flexibility index (Phi) is 10.4. The second-order valence-electron chi connectivity index (χ2n) is 10.1. The number of sulfonamides is 1. The molecule has 7 nitrogen and oxygen atoms in total. The van der Waals surface area contributed by atoms with Crippen LogP contribution in [-0.2, 0) is 26.2 Å². The molecule has 0 unspecified atom stereocenters. The Hall–Kier alpha value is -2.63. The van der Waals surface area contributed by atoms with Crippen LogP contribution >= 0.6 is 34.2 Å². The van der Waals surface area contributed by atoms with E-state index in [2.05, 4.69) is 27.9 Å². The van der Waals surface area contributed by atoms with Crippen molar-refractivity contribution in [3.05, 3.63) is 93.0 Å².